The third-order valence-electron chi connectivity index (χ3n) is 4.03. The number of hydrogen-bond acceptors (Lipinski definition) is 5. The molecule has 0 aromatic carbocycles. The van der Waals surface area contributed by atoms with Crippen LogP contribution >= 0.6 is 23.1 Å². The molecule has 1 aromatic rings. The number of rotatable bonds is 7. The number of thiophene rings is 1. The predicted octanol–water partition coefficient (Wildman–Crippen LogP) is 1.82. The Morgan fingerprint density at radius 3 is 2.83 bits per heavy atom. The smallest absolute Gasteiger partial charge is 0.252 e. The average molecular weight is 391 g/mol. The Morgan fingerprint density at radius 2 is 2.25 bits per heavy atom. The molecule has 1 atom stereocenters. The summed E-state index contributed by atoms with van der Waals surface area (Å²) in [5.41, 5.74) is 0. The molecule has 1 fully saturated rings. The van der Waals surface area contributed by atoms with Gasteiger partial charge >= 0.3 is 0 Å². The maximum atomic E-state index is 12.3. The van der Waals surface area contributed by atoms with Crippen molar-refractivity contribution < 1.29 is 8.42 Å². The van der Waals surface area contributed by atoms with E-state index in [1.807, 2.05) is 11.8 Å². The van der Waals surface area contributed by atoms with E-state index in [9.17, 15) is 8.42 Å². The second-order valence-corrected chi connectivity index (χ2v) is 10.9. The number of sulfonamides is 1. The Morgan fingerprint density at radius 1 is 1.46 bits per heavy atom. The topological polar surface area (TPSA) is 73.8 Å². The van der Waals surface area contributed by atoms with Crippen LogP contribution in [0.4, 0.5) is 0 Å². The van der Waals surface area contributed by atoms with Crippen molar-refractivity contribution in [3.8, 4) is 0 Å². The monoisotopic (exact) mass is 390 g/mol. The van der Waals surface area contributed by atoms with E-state index in [4.69, 9.17) is 0 Å². The van der Waals surface area contributed by atoms with Gasteiger partial charge < -0.3 is 10.6 Å². The van der Waals surface area contributed by atoms with Crippen molar-refractivity contribution in [3.05, 3.63) is 17.5 Å². The summed E-state index contributed by atoms with van der Waals surface area (Å²) in [5, 5.41) is 8.30. The van der Waals surface area contributed by atoms with E-state index >= 15 is 0 Å². The highest BCUT2D eigenvalue weighted by atomic mass is 32.2. The van der Waals surface area contributed by atoms with Crippen LogP contribution in [-0.2, 0) is 10.0 Å². The molecule has 24 heavy (non-hydrogen) atoms. The van der Waals surface area contributed by atoms with Crippen LogP contribution in [0.25, 0.3) is 0 Å². The molecule has 0 amide bonds. The van der Waals surface area contributed by atoms with Crippen molar-refractivity contribution in [2.75, 3.05) is 39.5 Å². The van der Waals surface area contributed by atoms with E-state index < -0.39 is 10.0 Å². The summed E-state index contributed by atoms with van der Waals surface area (Å²) in [6.45, 7) is 4.02. The molecule has 136 valence electrons. The molecule has 9 heteroatoms. The Labute approximate surface area is 153 Å². The first-order valence-electron chi connectivity index (χ1n) is 7.96. The molecule has 1 aliphatic heterocycles. The summed E-state index contributed by atoms with van der Waals surface area (Å²) in [6, 6.07) is 3.38. The first kappa shape index (κ1) is 19.6. The largest absolute Gasteiger partial charge is 0.355 e. The van der Waals surface area contributed by atoms with Crippen LogP contribution in [0.3, 0.4) is 0 Å². The molecule has 1 unspecified atom stereocenters. The van der Waals surface area contributed by atoms with Gasteiger partial charge in [-0.05, 0) is 37.0 Å². The van der Waals surface area contributed by atoms with E-state index in [-0.39, 0.29) is 4.75 Å². The van der Waals surface area contributed by atoms with Crippen molar-refractivity contribution in [3.63, 3.8) is 0 Å². The van der Waals surface area contributed by atoms with E-state index in [0.29, 0.717) is 23.3 Å². The van der Waals surface area contributed by atoms with Gasteiger partial charge in [0.2, 0.25) is 0 Å². The number of nitrogens with zero attached hydrogens (tertiary/aromatic N) is 2. The zero-order chi connectivity index (χ0) is 17.6. The summed E-state index contributed by atoms with van der Waals surface area (Å²) in [4.78, 5) is 4.21. The van der Waals surface area contributed by atoms with Crippen LogP contribution < -0.4 is 10.6 Å². The maximum Gasteiger partial charge on any atom is 0.252 e. The van der Waals surface area contributed by atoms with E-state index in [1.54, 1.807) is 31.6 Å². The molecule has 0 spiro atoms. The first-order chi connectivity index (χ1) is 11.4. The Hall–Kier alpha value is -0.770. The summed E-state index contributed by atoms with van der Waals surface area (Å²) in [6.07, 6.45) is 2.48. The molecule has 2 N–H and O–H groups in total. The van der Waals surface area contributed by atoms with Crippen LogP contribution in [0.15, 0.2) is 26.7 Å². The van der Waals surface area contributed by atoms with E-state index in [1.165, 1.54) is 34.2 Å². The lowest BCUT2D eigenvalue weighted by Gasteiger charge is -2.24. The van der Waals surface area contributed by atoms with Crippen LogP contribution in [0.1, 0.15) is 19.8 Å². The highest BCUT2D eigenvalue weighted by molar-refractivity contribution is 8.00. The van der Waals surface area contributed by atoms with Crippen LogP contribution in [0.5, 0.6) is 0 Å². The van der Waals surface area contributed by atoms with Crippen molar-refractivity contribution in [1.82, 2.24) is 14.9 Å². The highest BCUT2D eigenvalue weighted by Crippen LogP contribution is 2.36. The van der Waals surface area contributed by atoms with Gasteiger partial charge in [0.25, 0.3) is 10.0 Å². The number of hydrogen-bond donors (Lipinski definition) is 2. The van der Waals surface area contributed by atoms with E-state index in [0.717, 1.165) is 6.54 Å². The van der Waals surface area contributed by atoms with E-state index in [2.05, 4.69) is 22.5 Å². The van der Waals surface area contributed by atoms with Crippen molar-refractivity contribution in [1.29, 1.82) is 0 Å². The van der Waals surface area contributed by atoms with Gasteiger partial charge in [0.1, 0.15) is 4.21 Å². The number of aliphatic imine (C=N–C) groups is 1. The van der Waals surface area contributed by atoms with Gasteiger partial charge in [0.15, 0.2) is 5.96 Å². The minimum Gasteiger partial charge on any atom is -0.355 e. The molecule has 2 rings (SSSR count). The normalized spacial score (nSPS) is 22.1. The van der Waals surface area contributed by atoms with Crippen molar-refractivity contribution >= 4 is 39.1 Å². The average Bonchev–Trinajstić information content (AvgIpc) is 3.22. The molecular formula is C15H26N4O2S3. The SMILES string of the molecule is CN=C(NCCN(C)S(=O)(=O)c1cccs1)NCC1(C)CCCS1. The molecule has 1 saturated heterocycles. The van der Waals surface area contributed by atoms with Crippen molar-refractivity contribution in [2.45, 2.75) is 28.7 Å². The van der Waals surface area contributed by atoms with Gasteiger partial charge in [-0.2, -0.15) is 16.1 Å². The van der Waals surface area contributed by atoms with Gasteiger partial charge in [0.05, 0.1) is 0 Å². The fourth-order valence-corrected chi connectivity index (χ4v) is 6.10. The number of thioether (sulfide) groups is 1. The lowest BCUT2D eigenvalue weighted by atomic mass is 10.1. The fourth-order valence-electron chi connectivity index (χ4n) is 2.48. The zero-order valence-electron chi connectivity index (χ0n) is 14.4. The summed E-state index contributed by atoms with van der Waals surface area (Å²) < 4.78 is 26.7. The Kier molecular flexibility index (Phi) is 6.97. The predicted molar refractivity (Wildman–Crippen MR) is 104 cm³/mol. The number of nitrogens with one attached hydrogen (secondary N) is 2. The third kappa shape index (κ3) is 5.11. The number of likely N-dealkylation sites (N-methyl/N-ethyl adjacent to an activating group) is 1. The summed E-state index contributed by atoms with van der Waals surface area (Å²) in [7, 11) is -0.0592. The van der Waals surface area contributed by atoms with Crippen LogP contribution in [0, 0.1) is 0 Å². The standard InChI is InChI=1S/C15H26N4O2S3/c1-15(7-5-11-23-15)12-18-14(16-2)17-8-9-19(3)24(20,21)13-6-4-10-22-13/h4,6,10H,5,7-9,11-12H2,1-3H3,(H2,16,17,18). The zero-order valence-corrected chi connectivity index (χ0v) is 16.9. The second-order valence-electron chi connectivity index (χ2n) is 6.01. The molecular weight excluding hydrogens is 364 g/mol. The van der Waals surface area contributed by atoms with Gasteiger partial charge in [-0.15, -0.1) is 11.3 Å². The van der Waals surface area contributed by atoms with Gasteiger partial charge in [0, 0.05) is 38.5 Å². The molecule has 1 aliphatic rings. The Balaban J connectivity index is 1.77. The van der Waals surface area contributed by atoms with Crippen LogP contribution in [0.2, 0.25) is 0 Å². The fraction of sp³-hybridized carbons (Fsp3) is 0.667. The summed E-state index contributed by atoms with van der Waals surface area (Å²) in [5.74, 6) is 1.93. The minimum absolute atomic E-state index is 0.261. The minimum atomic E-state index is -3.39. The molecule has 0 saturated carbocycles. The molecule has 0 bridgehead atoms. The number of guanidine groups is 1. The lowest BCUT2D eigenvalue weighted by molar-refractivity contribution is 0.471. The van der Waals surface area contributed by atoms with Gasteiger partial charge in [-0.1, -0.05) is 6.07 Å². The maximum absolute atomic E-state index is 12.3. The van der Waals surface area contributed by atoms with Crippen molar-refractivity contribution in [2.24, 2.45) is 4.99 Å². The third-order valence-corrected chi connectivity index (χ3v) is 8.80. The lowest BCUT2D eigenvalue weighted by Crippen LogP contribution is -2.45. The summed E-state index contributed by atoms with van der Waals surface area (Å²) >= 11 is 3.23. The molecule has 2 heterocycles. The second kappa shape index (κ2) is 8.55. The highest BCUT2D eigenvalue weighted by Gasteiger charge is 2.29. The van der Waals surface area contributed by atoms with Gasteiger partial charge in [-0.25, -0.2) is 8.42 Å². The Bertz CT molecular complexity index is 638. The first-order valence-corrected chi connectivity index (χ1v) is 11.3. The molecule has 1 aromatic heterocycles. The molecule has 0 aliphatic carbocycles. The molecule has 0 radical (unpaired) electrons. The quantitative estimate of drug-likeness (QED) is 0.549. The molecule has 6 nitrogen and oxygen atoms in total. The van der Waals surface area contributed by atoms with Crippen LogP contribution in [-0.4, -0.2) is 62.9 Å². The van der Waals surface area contributed by atoms with Gasteiger partial charge in [-0.3, -0.25) is 4.99 Å².